The number of hydrogen-bond acceptors (Lipinski definition) is 6. The molecule has 0 aromatic carbocycles. The largest absolute Gasteiger partial charge is 0.369 e. The third-order valence-corrected chi connectivity index (χ3v) is 3.73. The molecular formula is C8H10N4S2. The van der Waals surface area contributed by atoms with Crippen molar-refractivity contribution in [3.8, 4) is 0 Å². The molecule has 0 unspecified atom stereocenters. The fourth-order valence-corrected chi connectivity index (χ4v) is 2.59. The Morgan fingerprint density at radius 1 is 1.50 bits per heavy atom. The van der Waals surface area contributed by atoms with Crippen LogP contribution < -0.4 is 5.32 Å². The molecule has 2 heterocycles. The van der Waals surface area contributed by atoms with Crippen molar-refractivity contribution in [1.82, 2.24) is 15.0 Å². The molecule has 0 bridgehead atoms. The van der Waals surface area contributed by atoms with Gasteiger partial charge in [0.1, 0.15) is 16.8 Å². The number of thioether (sulfide) groups is 1. The van der Waals surface area contributed by atoms with Crippen molar-refractivity contribution < 1.29 is 0 Å². The number of nitrogens with zero attached hydrogens (tertiary/aromatic N) is 3. The molecule has 2 aromatic rings. The van der Waals surface area contributed by atoms with Crippen LogP contribution in [0, 0.1) is 0 Å². The van der Waals surface area contributed by atoms with E-state index in [1.165, 1.54) is 0 Å². The van der Waals surface area contributed by atoms with Gasteiger partial charge in [0.2, 0.25) is 0 Å². The van der Waals surface area contributed by atoms with E-state index < -0.39 is 0 Å². The van der Waals surface area contributed by atoms with Gasteiger partial charge in [-0.3, -0.25) is 0 Å². The van der Waals surface area contributed by atoms with Crippen LogP contribution in [0.1, 0.15) is 6.92 Å². The van der Waals surface area contributed by atoms with Gasteiger partial charge in [-0.15, -0.1) is 11.3 Å². The average Bonchev–Trinajstić information content (AvgIpc) is 2.62. The van der Waals surface area contributed by atoms with Crippen LogP contribution in [0.4, 0.5) is 5.82 Å². The Bertz CT molecular complexity index is 440. The van der Waals surface area contributed by atoms with Crippen LogP contribution >= 0.6 is 23.1 Å². The van der Waals surface area contributed by atoms with E-state index in [0.29, 0.717) is 0 Å². The minimum absolute atomic E-state index is 0.783. The zero-order valence-corrected chi connectivity index (χ0v) is 9.58. The maximum absolute atomic E-state index is 4.36. The topological polar surface area (TPSA) is 50.7 Å². The minimum Gasteiger partial charge on any atom is -0.369 e. The number of hydrogen-bond donors (Lipinski definition) is 1. The first kappa shape index (κ1) is 9.67. The molecule has 0 atom stereocenters. The van der Waals surface area contributed by atoms with E-state index in [1.54, 1.807) is 29.4 Å². The highest BCUT2D eigenvalue weighted by molar-refractivity contribution is 8.00. The minimum atomic E-state index is 0.783. The van der Waals surface area contributed by atoms with Gasteiger partial charge in [-0.1, -0.05) is 11.8 Å². The van der Waals surface area contributed by atoms with Crippen molar-refractivity contribution in [2.24, 2.45) is 0 Å². The molecule has 2 aromatic heterocycles. The highest BCUT2D eigenvalue weighted by Crippen LogP contribution is 2.30. The summed E-state index contributed by atoms with van der Waals surface area (Å²) < 4.78 is 2.07. The third kappa shape index (κ3) is 1.67. The lowest BCUT2D eigenvalue weighted by atomic mass is 10.5. The maximum atomic E-state index is 4.36. The molecule has 0 saturated heterocycles. The van der Waals surface area contributed by atoms with Crippen LogP contribution in [0.5, 0.6) is 0 Å². The smallest absolute Gasteiger partial charge is 0.176 e. The molecule has 6 heteroatoms. The van der Waals surface area contributed by atoms with Gasteiger partial charge in [0, 0.05) is 6.54 Å². The Kier molecular flexibility index (Phi) is 2.83. The monoisotopic (exact) mass is 226 g/mol. The number of aromatic nitrogens is 3. The number of rotatable bonds is 3. The standard InChI is InChI=1S/C8H10N4S2/c1-3-9-6-5-7(11-4-10-6)12-8(13-2)14-5/h4H,3H2,1-2H3,(H,9,10,11). The van der Waals surface area contributed by atoms with E-state index >= 15 is 0 Å². The summed E-state index contributed by atoms with van der Waals surface area (Å²) in [5.41, 5.74) is 0.783. The summed E-state index contributed by atoms with van der Waals surface area (Å²) in [5.74, 6) is 0.885. The normalized spacial score (nSPS) is 10.7. The van der Waals surface area contributed by atoms with Gasteiger partial charge in [-0.2, -0.15) is 0 Å². The molecule has 4 nitrogen and oxygen atoms in total. The number of fused-ring (bicyclic) bond motifs is 1. The summed E-state index contributed by atoms with van der Waals surface area (Å²) >= 11 is 3.26. The molecule has 0 aliphatic carbocycles. The summed E-state index contributed by atoms with van der Waals surface area (Å²) in [5, 5.41) is 3.20. The molecule has 0 fully saturated rings. The molecule has 74 valence electrons. The van der Waals surface area contributed by atoms with Gasteiger partial charge in [0.15, 0.2) is 9.99 Å². The Hall–Kier alpha value is -0.880. The lowest BCUT2D eigenvalue weighted by molar-refractivity contribution is 1.13. The van der Waals surface area contributed by atoms with Crippen LogP contribution in [-0.2, 0) is 0 Å². The van der Waals surface area contributed by atoms with Gasteiger partial charge in [0.25, 0.3) is 0 Å². The summed E-state index contributed by atoms with van der Waals surface area (Å²) in [7, 11) is 0. The molecule has 0 aliphatic heterocycles. The van der Waals surface area contributed by atoms with E-state index in [9.17, 15) is 0 Å². The van der Waals surface area contributed by atoms with E-state index in [0.717, 1.165) is 27.0 Å². The van der Waals surface area contributed by atoms with Gasteiger partial charge in [-0.25, -0.2) is 15.0 Å². The highest BCUT2D eigenvalue weighted by Gasteiger charge is 2.08. The first-order valence-electron chi connectivity index (χ1n) is 4.24. The zero-order valence-electron chi connectivity index (χ0n) is 7.94. The van der Waals surface area contributed by atoms with Crippen LogP contribution in [0.3, 0.4) is 0 Å². The molecule has 14 heavy (non-hydrogen) atoms. The molecular weight excluding hydrogens is 216 g/mol. The van der Waals surface area contributed by atoms with Crippen LogP contribution in [0.2, 0.25) is 0 Å². The van der Waals surface area contributed by atoms with Gasteiger partial charge in [0.05, 0.1) is 0 Å². The molecule has 0 saturated carbocycles. The van der Waals surface area contributed by atoms with Gasteiger partial charge >= 0.3 is 0 Å². The summed E-state index contributed by atoms with van der Waals surface area (Å²) in [6.45, 7) is 2.91. The second kappa shape index (κ2) is 4.10. The molecule has 0 amide bonds. The second-order valence-electron chi connectivity index (χ2n) is 2.59. The summed E-state index contributed by atoms with van der Waals surface area (Å²) in [4.78, 5) is 12.7. The fraction of sp³-hybridized carbons (Fsp3) is 0.375. The van der Waals surface area contributed by atoms with Crippen molar-refractivity contribution in [2.45, 2.75) is 11.3 Å². The maximum Gasteiger partial charge on any atom is 0.176 e. The predicted octanol–water partition coefficient (Wildman–Crippen LogP) is 2.24. The van der Waals surface area contributed by atoms with E-state index in [1.807, 2.05) is 13.2 Å². The molecule has 0 aliphatic rings. The Labute approximate surface area is 90.2 Å². The number of anilines is 1. The van der Waals surface area contributed by atoms with Crippen molar-refractivity contribution >= 4 is 39.3 Å². The van der Waals surface area contributed by atoms with E-state index in [2.05, 4.69) is 20.3 Å². The Morgan fingerprint density at radius 3 is 3.07 bits per heavy atom. The third-order valence-electron chi connectivity index (χ3n) is 1.69. The Morgan fingerprint density at radius 2 is 2.36 bits per heavy atom. The number of nitrogens with one attached hydrogen (secondary N) is 1. The summed E-state index contributed by atoms with van der Waals surface area (Å²) in [6, 6.07) is 0. The molecule has 0 spiro atoms. The summed E-state index contributed by atoms with van der Waals surface area (Å²) in [6.07, 6.45) is 3.56. The lowest BCUT2D eigenvalue weighted by Crippen LogP contribution is -1.99. The van der Waals surface area contributed by atoms with Crippen molar-refractivity contribution in [1.29, 1.82) is 0 Å². The molecule has 0 radical (unpaired) electrons. The fourth-order valence-electron chi connectivity index (χ4n) is 1.12. The van der Waals surface area contributed by atoms with Crippen molar-refractivity contribution in [2.75, 3.05) is 18.1 Å². The van der Waals surface area contributed by atoms with Crippen molar-refractivity contribution in [3.05, 3.63) is 6.33 Å². The van der Waals surface area contributed by atoms with Crippen LogP contribution in [0.15, 0.2) is 10.7 Å². The van der Waals surface area contributed by atoms with Crippen molar-refractivity contribution in [3.63, 3.8) is 0 Å². The SMILES string of the molecule is CCNc1ncnc2nc(SC)sc12. The first-order chi connectivity index (χ1) is 6.85. The van der Waals surface area contributed by atoms with Crippen LogP contribution in [-0.4, -0.2) is 27.8 Å². The highest BCUT2D eigenvalue weighted by atomic mass is 32.2. The zero-order chi connectivity index (χ0) is 9.97. The first-order valence-corrected chi connectivity index (χ1v) is 6.28. The van der Waals surface area contributed by atoms with Crippen LogP contribution in [0.25, 0.3) is 10.3 Å². The quantitative estimate of drug-likeness (QED) is 0.813. The lowest BCUT2D eigenvalue weighted by Gasteiger charge is -2.00. The van der Waals surface area contributed by atoms with E-state index in [4.69, 9.17) is 0 Å². The number of thiazole rings is 1. The van der Waals surface area contributed by atoms with E-state index in [-0.39, 0.29) is 0 Å². The molecule has 1 N–H and O–H groups in total. The van der Waals surface area contributed by atoms with Gasteiger partial charge < -0.3 is 5.32 Å². The predicted molar refractivity (Wildman–Crippen MR) is 61.2 cm³/mol. The second-order valence-corrected chi connectivity index (χ2v) is 4.64. The average molecular weight is 226 g/mol. The Balaban J connectivity index is 2.55. The van der Waals surface area contributed by atoms with Gasteiger partial charge in [-0.05, 0) is 13.2 Å². The molecule has 2 rings (SSSR count).